The van der Waals surface area contributed by atoms with Gasteiger partial charge in [-0.3, -0.25) is 9.48 Å². The van der Waals surface area contributed by atoms with Crippen LogP contribution in [0.1, 0.15) is 25.2 Å². The van der Waals surface area contributed by atoms with E-state index in [1.54, 1.807) is 4.68 Å². The minimum absolute atomic E-state index is 0.0874. The van der Waals surface area contributed by atoms with Crippen molar-refractivity contribution in [1.82, 2.24) is 14.7 Å². The summed E-state index contributed by atoms with van der Waals surface area (Å²) in [6, 6.07) is 1.16. The van der Waals surface area contributed by atoms with Crippen LogP contribution in [0.3, 0.4) is 0 Å². The summed E-state index contributed by atoms with van der Waals surface area (Å²) in [6.45, 7) is 7.86. The maximum atomic E-state index is 12.6. The number of carbonyl (C=O) groups excluding carboxylic acids is 1. The Hall–Kier alpha value is -1.50. The average molecular weight is 311 g/mol. The predicted octanol–water partition coefficient (Wildman–Crippen LogP) is 1.51. The lowest BCUT2D eigenvalue weighted by Gasteiger charge is -2.29. The normalized spacial score (nSPS) is 22.0. The predicted molar refractivity (Wildman–Crippen MR) is 81.1 cm³/mol. The van der Waals surface area contributed by atoms with Crippen molar-refractivity contribution in [2.75, 3.05) is 5.75 Å². The summed E-state index contributed by atoms with van der Waals surface area (Å²) in [5.41, 5.74) is 1.76. The zero-order valence-corrected chi connectivity index (χ0v) is 13.6. The molecule has 1 aromatic rings. The molecule has 0 bridgehead atoms. The van der Waals surface area contributed by atoms with E-state index in [1.807, 2.05) is 33.8 Å². The number of carbonyl (C=O) groups is 2. The molecule has 2 rings (SSSR count). The molecule has 1 N–H and O–H groups in total. The monoisotopic (exact) mass is 311 g/mol. The van der Waals surface area contributed by atoms with Crippen LogP contribution in [-0.4, -0.2) is 48.8 Å². The zero-order valence-electron chi connectivity index (χ0n) is 12.7. The van der Waals surface area contributed by atoms with E-state index in [-0.39, 0.29) is 23.7 Å². The molecular formula is C14H21N3O3S. The second-order valence-electron chi connectivity index (χ2n) is 5.71. The number of rotatable bonds is 4. The van der Waals surface area contributed by atoms with Gasteiger partial charge in [-0.2, -0.15) is 5.10 Å². The Bertz CT molecular complexity index is 556. The van der Waals surface area contributed by atoms with E-state index in [2.05, 4.69) is 5.10 Å². The highest BCUT2D eigenvalue weighted by atomic mass is 32.2. The molecule has 0 aliphatic carbocycles. The third kappa shape index (κ3) is 3.23. The Morgan fingerprint density at radius 3 is 2.62 bits per heavy atom. The fourth-order valence-electron chi connectivity index (χ4n) is 2.59. The van der Waals surface area contributed by atoms with Gasteiger partial charge in [-0.25, -0.2) is 4.79 Å². The van der Waals surface area contributed by atoms with E-state index in [1.165, 1.54) is 16.7 Å². The van der Waals surface area contributed by atoms with Crippen molar-refractivity contribution in [2.45, 2.75) is 45.7 Å². The summed E-state index contributed by atoms with van der Waals surface area (Å²) in [4.78, 5) is 25.5. The van der Waals surface area contributed by atoms with Gasteiger partial charge in [0.25, 0.3) is 0 Å². The van der Waals surface area contributed by atoms with E-state index in [0.717, 1.165) is 11.4 Å². The molecule has 2 atom stereocenters. The second-order valence-corrected chi connectivity index (χ2v) is 6.86. The third-order valence-electron chi connectivity index (χ3n) is 3.57. The van der Waals surface area contributed by atoms with Gasteiger partial charge in [0.05, 0.1) is 11.1 Å². The SMILES string of the molecule is Cc1cc(C)n(CC(=O)N2C(C(=O)O)CSC2C(C)C)n1. The fourth-order valence-corrected chi connectivity index (χ4v) is 4.08. The lowest BCUT2D eigenvalue weighted by molar-refractivity contribution is -0.149. The van der Waals surface area contributed by atoms with Crippen LogP contribution in [0.4, 0.5) is 0 Å². The van der Waals surface area contributed by atoms with Crippen LogP contribution in [0.15, 0.2) is 6.07 Å². The first-order valence-corrected chi connectivity index (χ1v) is 8.02. The number of carboxylic acids is 1. The average Bonchev–Trinajstić information content (AvgIpc) is 2.93. The summed E-state index contributed by atoms with van der Waals surface area (Å²) in [7, 11) is 0. The first-order chi connectivity index (χ1) is 9.81. The molecule has 0 radical (unpaired) electrons. The number of aryl methyl sites for hydroxylation is 2. The third-order valence-corrected chi connectivity index (χ3v) is 5.19. The first-order valence-electron chi connectivity index (χ1n) is 6.98. The van der Waals surface area contributed by atoms with Gasteiger partial charge in [0.1, 0.15) is 12.6 Å². The van der Waals surface area contributed by atoms with Gasteiger partial charge >= 0.3 is 5.97 Å². The Kier molecular flexibility index (Phi) is 4.61. The number of aliphatic carboxylic acids is 1. The van der Waals surface area contributed by atoms with Gasteiger partial charge in [0.15, 0.2) is 0 Å². The summed E-state index contributed by atoms with van der Waals surface area (Å²) < 4.78 is 1.64. The number of thioether (sulfide) groups is 1. The van der Waals surface area contributed by atoms with Crippen LogP contribution in [0.25, 0.3) is 0 Å². The van der Waals surface area contributed by atoms with Crippen molar-refractivity contribution in [1.29, 1.82) is 0 Å². The molecule has 1 aliphatic rings. The number of hydrogen-bond donors (Lipinski definition) is 1. The van der Waals surface area contributed by atoms with E-state index >= 15 is 0 Å². The van der Waals surface area contributed by atoms with Gasteiger partial charge in [-0.15, -0.1) is 11.8 Å². The Labute approximate surface area is 128 Å². The molecule has 6 nitrogen and oxygen atoms in total. The second kappa shape index (κ2) is 6.09. The van der Waals surface area contributed by atoms with Gasteiger partial charge < -0.3 is 10.0 Å². The quantitative estimate of drug-likeness (QED) is 0.912. The fraction of sp³-hybridized carbons (Fsp3) is 0.643. The molecule has 0 aromatic carbocycles. The standard InChI is InChI=1S/C14H21N3O3S/c1-8(2)13-17(11(7-21-13)14(19)20)12(18)6-16-10(4)5-9(3)15-16/h5,8,11,13H,6-7H2,1-4H3,(H,19,20). The van der Waals surface area contributed by atoms with Crippen molar-refractivity contribution < 1.29 is 14.7 Å². The number of amides is 1. The molecule has 21 heavy (non-hydrogen) atoms. The molecule has 1 fully saturated rings. The Morgan fingerprint density at radius 2 is 2.14 bits per heavy atom. The smallest absolute Gasteiger partial charge is 0.327 e. The van der Waals surface area contributed by atoms with E-state index in [0.29, 0.717) is 5.75 Å². The van der Waals surface area contributed by atoms with Crippen LogP contribution in [0, 0.1) is 19.8 Å². The number of aromatic nitrogens is 2. The van der Waals surface area contributed by atoms with E-state index in [9.17, 15) is 14.7 Å². The molecule has 1 aromatic heterocycles. The van der Waals surface area contributed by atoms with Crippen LogP contribution >= 0.6 is 11.8 Å². The molecule has 7 heteroatoms. The number of carboxylic acid groups (broad SMARTS) is 1. The maximum Gasteiger partial charge on any atom is 0.327 e. The molecule has 1 saturated heterocycles. The highest BCUT2D eigenvalue weighted by Gasteiger charge is 2.42. The number of nitrogens with zero attached hydrogens (tertiary/aromatic N) is 3. The summed E-state index contributed by atoms with van der Waals surface area (Å²) >= 11 is 1.54. The van der Waals surface area contributed by atoms with Gasteiger partial charge in [-0.05, 0) is 25.8 Å². The largest absolute Gasteiger partial charge is 0.480 e. The molecule has 1 amide bonds. The van der Waals surface area contributed by atoms with Gasteiger partial charge in [0, 0.05) is 11.4 Å². The summed E-state index contributed by atoms with van der Waals surface area (Å²) in [5, 5.41) is 13.5. The van der Waals surface area contributed by atoms with Crippen LogP contribution < -0.4 is 0 Å². The van der Waals surface area contributed by atoms with Gasteiger partial charge in [0.2, 0.25) is 5.91 Å². The summed E-state index contributed by atoms with van der Waals surface area (Å²) in [5.74, 6) is -0.463. The zero-order chi connectivity index (χ0) is 15.7. The van der Waals surface area contributed by atoms with Crippen molar-refractivity contribution in [3.63, 3.8) is 0 Å². The van der Waals surface area contributed by atoms with Crippen LogP contribution in [0.5, 0.6) is 0 Å². The van der Waals surface area contributed by atoms with Crippen molar-refractivity contribution in [3.05, 3.63) is 17.5 Å². The molecule has 2 heterocycles. The first kappa shape index (κ1) is 15.9. The van der Waals surface area contributed by atoms with Crippen molar-refractivity contribution >= 4 is 23.6 Å². The summed E-state index contributed by atoms with van der Waals surface area (Å²) in [6.07, 6.45) is 0. The lowest BCUT2D eigenvalue weighted by Crippen LogP contribution is -2.48. The van der Waals surface area contributed by atoms with Crippen LogP contribution in [0.2, 0.25) is 0 Å². The molecule has 1 aliphatic heterocycles. The van der Waals surface area contributed by atoms with Crippen molar-refractivity contribution in [2.24, 2.45) is 5.92 Å². The highest BCUT2D eigenvalue weighted by Crippen LogP contribution is 2.34. The Morgan fingerprint density at radius 1 is 1.48 bits per heavy atom. The molecule has 2 unspecified atom stereocenters. The van der Waals surface area contributed by atoms with Crippen LogP contribution in [-0.2, 0) is 16.1 Å². The lowest BCUT2D eigenvalue weighted by atomic mass is 10.1. The number of hydrogen-bond acceptors (Lipinski definition) is 4. The molecule has 0 saturated carbocycles. The molecule has 116 valence electrons. The van der Waals surface area contributed by atoms with E-state index in [4.69, 9.17) is 0 Å². The van der Waals surface area contributed by atoms with E-state index < -0.39 is 12.0 Å². The topological polar surface area (TPSA) is 75.4 Å². The Balaban J connectivity index is 2.21. The van der Waals surface area contributed by atoms with Crippen molar-refractivity contribution in [3.8, 4) is 0 Å². The minimum Gasteiger partial charge on any atom is -0.480 e. The molecule has 0 spiro atoms. The minimum atomic E-state index is -0.938. The maximum absolute atomic E-state index is 12.6. The van der Waals surface area contributed by atoms with Gasteiger partial charge in [-0.1, -0.05) is 13.8 Å². The highest BCUT2D eigenvalue weighted by molar-refractivity contribution is 8.00. The molecular weight excluding hydrogens is 290 g/mol.